The Balaban J connectivity index is 0.000000257. The second kappa shape index (κ2) is 18.5. The molecule has 0 amide bonds. The summed E-state index contributed by atoms with van der Waals surface area (Å²) < 4.78 is 10.3. The number of hydrogen-bond donors (Lipinski definition) is 2. The number of benzene rings is 4. The second-order valence-corrected chi connectivity index (χ2v) is 14.4. The lowest BCUT2D eigenvalue weighted by molar-refractivity contribution is 0.361. The summed E-state index contributed by atoms with van der Waals surface area (Å²) >= 11 is 18.2. The van der Waals surface area contributed by atoms with Crippen molar-refractivity contribution in [2.45, 2.75) is 78.1 Å². The number of phenols is 2. The van der Waals surface area contributed by atoms with Gasteiger partial charge in [-0.15, -0.1) is 0 Å². The number of halogens is 3. The van der Waals surface area contributed by atoms with Gasteiger partial charge in [0.05, 0.1) is 24.3 Å². The fraction of sp³-hybridized carbons (Fsp3) is 0.400. The molecule has 2 unspecified atom stereocenters. The zero-order valence-corrected chi connectivity index (χ0v) is 30.7. The SMILES string of the molecule is COc1cc(CCC(C)CC(C)(C)c2ccc(Cl)c(Cl)c2)ccc1O.COc1cc(CCC(C)CCc2cccc(Cl)c2)ccc1O. The average molecular weight is 700 g/mol. The van der Waals surface area contributed by atoms with E-state index in [1.54, 1.807) is 26.4 Å². The monoisotopic (exact) mass is 698 g/mol. The highest BCUT2D eigenvalue weighted by Gasteiger charge is 2.24. The van der Waals surface area contributed by atoms with Gasteiger partial charge < -0.3 is 19.7 Å². The van der Waals surface area contributed by atoms with Crippen LogP contribution in [0, 0.1) is 11.8 Å². The zero-order valence-electron chi connectivity index (χ0n) is 28.5. The van der Waals surface area contributed by atoms with E-state index >= 15 is 0 Å². The summed E-state index contributed by atoms with van der Waals surface area (Å²) in [4.78, 5) is 0. The van der Waals surface area contributed by atoms with E-state index in [2.05, 4.69) is 39.8 Å². The summed E-state index contributed by atoms with van der Waals surface area (Å²) in [6, 6.07) is 25.1. The van der Waals surface area contributed by atoms with E-state index in [4.69, 9.17) is 44.3 Å². The van der Waals surface area contributed by atoms with Crippen LogP contribution in [0.2, 0.25) is 15.1 Å². The topological polar surface area (TPSA) is 58.9 Å². The Labute approximate surface area is 296 Å². The minimum Gasteiger partial charge on any atom is -0.504 e. The van der Waals surface area contributed by atoms with E-state index in [1.165, 1.54) is 22.3 Å². The molecule has 4 nitrogen and oxygen atoms in total. The summed E-state index contributed by atoms with van der Waals surface area (Å²) in [6.07, 6.45) is 7.39. The Bertz CT molecular complexity index is 1570. The molecular formula is C40H49Cl3O4. The lowest BCUT2D eigenvalue weighted by atomic mass is 9.76. The lowest BCUT2D eigenvalue weighted by Crippen LogP contribution is -2.21. The van der Waals surface area contributed by atoms with E-state index < -0.39 is 0 Å². The van der Waals surface area contributed by atoms with Crippen molar-refractivity contribution >= 4 is 34.8 Å². The van der Waals surface area contributed by atoms with Gasteiger partial charge in [0.1, 0.15) is 0 Å². The average Bonchev–Trinajstić information content (AvgIpc) is 3.04. The van der Waals surface area contributed by atoms with E-state index in [-0.39, 0.29) is 16.9 Å². The molecule has 0 fully saturated rings. The molecular weight excluding hydrogens is 651 g/mol. The Morgan fingerprint density at radius 1 is 0.617 bits per heavy atom. The van der Waals surface area contributed by atoms with Crippen LogP contribution in [0.1, 0.15) is 75.6 Å². The first-order valence-electron chi connectivity index (χ1n) is 16.2. The third-order valence-electron chi connectivity index (χ3n) is 8.71. The quantitative estimate of drug-likeness (QED) is 0.138. The van der Waals surface area contributed by atoms with Crippen molar-refractivity contribution in [3.8, 4) is 23.0 Å². The number of hydrogen-bond acceptors (Lipinski definition) is 4. The number of rotatable bonds is 14. The minimum atomic E-state index is 0.0281. The number of ether oxygens (including phenoxy) is 2. The van der Waals surface area contributed by atoms with Gasteiger partial charge in [0.15, 0.2) is 23.0 Å². The molecule has 4 aromatic rings. The molecule has 0 aromatic heterocycles. The van der Waals surface area contributed by atoms with Crippen molar-refractivity contribution in [1.82, 2.24) is 0 Å². The molecule has 0 bridgehead atoms. The van der Waals surface area contributed by atoms with Crippen molar-refractivity contribution in [2.75, 3.05) is 14.2 Å². The van der Waals surface area contributed by atoms with E-state index in [9.17, 15) is 10.2 Å². The molecule has 0 aliphatic rings. The van der Waals surface area contributed by atoms with Gasteiger partial charge in [0, 0.05) is 5.02 Å². The first kappa shape index (κ1) is 38.4. The van der Waals surface area contributed by atoms with Gasteiger partial charge in [0.2, 0.25) is 0 Å². The number of methoxy groups -OCH3 is 2. The van der Waals surface area contributed by atoms with Gasteiger partial charge in [0.25, 0.3) is 0 Å². The fourth-order valence-corrected chi connectivity index (χ4v) is 6.35. The molecule has 254 valence electrons. The van der Waals surface area contributed by atoms with Crippen LogP contribution in [-0.2, 0) is 24.7 Å². The summed E-state index contributed by atoms with van der Waals surface area (Å²) in [5.74, 6) is 2.63. The number of aromatic hydroxyl groups is 2. The highest BCUT2D eigenvalue weighted by molar-refractivity contribution is 6.42. The van der Waals surface area contributed by atoms with Crippen LogP contribution in [0.3, 0.4) is 0 Å². The molecule has 0 spiro atoms. The van der Waals surface area contributed by atoms with E-state index in [1.807, 2.05) is 54.6 Å². The van der Waals surface area contributed by atoms with Crippen LogP contribution < -0.4 is 9.47 Å². The number of phenolic OH excluding ortho intramolecular Hbond substituents is 2. The predicted molar refractivity (Wildman–Crippen MR) is 198 cm³/mol. The normalized spacial score (nSPS) is 12.5. The highest BCUT2D eigenvalue weighted by Crippen LogP contribution is 2.36. The zero-order chi connectivity index (χ0) is 34.6. The Morgan fingerprint density at radius 3 is 1.62 bits per heavy atom. The molecule has 0 heterocycles. The van der Waals surface area contributed by atoms with E-state index in [0.717, 1.165) is 50.0 Å². The largest absolute Gasteiger partial charge is 0.504 e. The molecule has 0 aliphatic heterocycles. The summed E-state index contributed by atoms with van der Waals surface area (Å²) in [6.45, 7) is 9.04. The van der Waals surface area contributed by atoms with Gasteiger partial charge >= 0.3 is 0 Å². The third kappa shape index (κ3) is 12.5. The molecule has 4 rings (SSSR count). The first-order chi connectivity index (χ1) is 22.3. The van der Waals surface area contributed by atoms with Crippen LogP contribution in [0.15, 0.2) is 78.9 Å². The maximum absolute atomic E-state index is 9.69. The Hall–Kier alpha value is -3.05. The van der Waals surface area contributed by atoms with Crippen molar-refractivity contribution < 1.29 is 19.7 Å². The van der Waals surface area contributed by atoms with Crippen LogP contribution in [0.4, 0.5) is 0 Å². The van der Waals surface area contributed by atoms with Crippen molar-refractivity contribution in [3.63, 3.8) is 0 Å². The summed E-state index contributed by atoms with van der Waals surface area (Å²) in [5, 5.41) is 21.3. The molecule has 47 heavy (non-hydrogen) atoms. The minimum absolute atomic E-state index is 0.0281. The molecule has 0 radical (unpaired) electrons. The second-order valence-electron chi connectivity index (χ2n) is 13.2. The summed E-state index contributed by atoms with van der Waals surface area (Å²) in [5.41, 5.74) is 4.91. The van der Waals surface area contributed by atoms with Gasteiger partial charge in [-0.3, -0.25) is 0 Å². The van der Waals surface area contributed by atoms with Crippen LogP contribution in [0.25, 0.3) is 0 Å². The molecule has 0 saturated heterocycles. The Morgan fingerprint density at radius 2 is 1.13 bits per heavy atom. The predicted octanol–water partition coefficient (Wildman–Crippen LogP) is 11.9. The standard InChI is InChI=1S/C21H26Cl2O2.C19H23ClO2/c1-14(5-6-15-7-10-19(24)20(11-15)25-4)13-21(2,3)16-8-9-17(22)18(23)12-16;1-14(6-8-15-4-3-5-17(20)12-15)7-9-16-10-11-18(21)19(13-16)22-2/h7-12,14,24H,5-6,13H2,1-4H3;3-5,10-14,21H,6-9H2,1-2H3. The number of aryl methyl sites for hydroxylation is 3. The van der Waals surface area contributed by atoms with Gasteiger partial charge in [-0.2, -0.15) is 0 Å². The molecule has 0 aliphatic carbocycles. The molecule has 4 aromatic carbocycles. The van der Waals surface area contributed by atoms with Gasteiger partial charge in [-0.25, -0.2) is 0 Å². The van der Waals surface area contributed by atoms with Crippen LogP contribution >= 0.6 is 34.8 Å². The van der Waals surface area contributed by atoms with Gasteiger partial charge in [-0.1, -0.05) is 92.8 Å². The maximum atomic E-state index is 9.69. The summed E-state index contributed by atoms with van der Waals surface area (Å²) in [7, 11) is 3.15. The van der Waals surface area contributed by atoms with Crippen molar-refractivity contribution in [3.05, 3.63) is 116 Å². The maximum Gasteiger partial charge on any atom is 0.160 e. The molecule has 2 atom stereocenters. The first-order valence-corrected chi connectivity index (χ1v) is 17.4. The van der Waals surface area contributed by atoms with Crippen LogP contribution in [0.5, 0.6) is 23.0 Å². The Kier molecular flexibility index (Phi) is 15.1. The van der Waals surface area contributed by atoms with Gasteiger partial charge in [-0.05, 0) is 133 Å². The molecule has 2 N–H and O–H groups in total. The van der Waals surface area contributed by atoms with Crippen molar-refractivity contribution in [1.29, 1.82) is 0 Å². The lowest BCUT2D eigenvalue weighted by Gasteiger charge is -2.29. The van der Waals surface area contributed by atoms with Crippen LogP contribution in [-0.4, -0.2) is 24.4 Å². The smallest absolute Gasteiger partial charge is 0.160 e. The van der Waals surface area contributed by atoms with Crippen molar-refractivity contribution in [2.24, 2.45) is 11.8 Å². The van der Waals surface area contributed by atoms with E-state index in [0.29, 0.717) is 33.4 Å². The molecule has 7 heteroatoms. The highest BCUT2D eigenvalue weighted by atomic mass is 35.5. The molecule has 0 saturated carbocycles. The fourth-order valence-electron chi connectivity index (χ4n) is 5.84. The third-order valence-corrected chi connectivity index (χ3v) is 9.69.